The van der Waals surface area contributed by atoms with Gasteiger partial charge < -0.3 is 45.1 Å². The number of nitrogens with one attached hydrogen (secondary N) is 2. The fourth-order valence-corrected chi connectivity index (χ4v) is 5.61. The third-order valence-corrected chi connectivity index (χ3v) is 7.92. The van der Waals surface area contributed by atoms with E-state index in [1.165, 1.54) is 7.05 Å². The summed E-state index contributed by atoms with van der Waals surface area (Å²) in [6.07, 6.45) is 9.67. The van der Waals surface area contributed by atoms with E-state index in [-0.39, 0.29) is 17.5 Å². The Morgan fingerprint density at radius 3 is 2.39 bits per heavy atom. The Morgan fingerprint density at radius 2 is 1.82 bits per heavy atom. The minimum absolute atomic E-state index is 0.0290. The Hall–Kier alpha value is -3.38. The molecule has 1 spiro atoms. The van der Waals surface area contributed by atoms with Crippen LogP contribution in [-0.2, 0) is 14.2 Å². The number of allylic oxidation sites excluding steroid dienone is 4. The van der Waals surface area contributed by atoms with Gasteiger partial charge in [-0.2, -0.15) is 0 Å². The molecule has 11 heteroatoms. The molecule has 0 amide bonds. The maximum atomic E-state index is 15.2. The molecule has 2 unspecified atom stereocenters. The third kappa shape index (κ3) is 12.8. The van der Waals surface area contributed by atoms with Crippen LogP contribution in [0.2, 0.25) is 0 Å². The fraction of sp³-hybridized carbons (Fsp3) is 0.605. The van der Waals surface area contributed by atoms with Crippen molar-refractivity contribution in [2.75, 3.05) is 80.1 Å². The van der Waals surface area contributed by atoms with Crippen molar-refractivity contribution in [3.8, 4) is 5.75 Å². The van der Waals surface area contributed by atoms with E-state index in [2.05, 4.69) is 40.0 Å². The first kappa shape index (κ1) is 43.6. The van der Waals surface area contributed by atoms with Crippen molar-refractivity contribution in [3.63, 3.8) is 0 Å². The van der Waals surface area contributed by atoms with Crippen LogP contribution in [0.5, 0.6) is 5.75 Å². The summed E-state index contributed by atoms with van der Waals surface area (Å²) in [4.78, 5) is 9.11. The van der Waals surface area contributed by atoms with Crippen molar-refractivity contribution in [2.24, 2.45) is 22.1 Å². The molecule has 0 saturated carbocycles. The molecule has 2 atom stereocenters. The highest BCUT2D eigenvalue weighted by molar-refractivity contribution is 5.59. The Kier molecular flexibility index (Phi) is 20.6. The molecule has 1 aromatic rings. The zero-order chi connectivity index (χ0) is 37.0. The van der Waals surface area contributed by atoms with Crippen molar-refractivity contribution in [1.82, 2.24) is 15.1 Å². The van der Waals surface area contributed by atoms with Crippen LogP contribution in [0.3, 0.4) is 0 Å². The topological polar surface area (TPSA) is 106 Å². The van der Waals surface area contributed by atoms with Crippen LogP contribution in [0, 0.1) is 24.1 Å². The van der Waals surface area contributed by atoms with Gasteiger partial charge in [0.15, 0.2) is 23.6 Å². The van der Waals surface area contributed by atoms with Gasteiger partial charge in [-0.25, -0.2) is 9.38 Å². The van der Waals surface area contributed by atoms with Crippen molar-refractivity contribution >= 4 is 12.0 Å². The quantitative estimate of drug-likeness (QED) is 0.184. The van der Waals surface area contributed by atoms with Gasteiger partial charge in [-0.15, -0.1) is 0 Å². The van der Waals surface area contributed by atoms with Crippen LogP contribution in [0.25, 0.3) is 0 Å². The normalized spacial score (nSPS) is 22.6. The fourth-order valence-electron chi connectivity index (χ4n) is 5.61. The summed E-state index contributed by atoms with van der Waals surface area (Å²) in [6.45, 7) is 21.1. The molecule has 1 aromatic carbocycles. The average molecular weight is 689 g/mol. The molecule has 2 fully saturated rings. The lowest BCUT2D eigenvalue weighted by Gasteiger charge is -2.55. The maximum Gasteiger partial charge on any atom is 0.173 e. The van der Waals surface area contributed by atoms with Gasteiger partial charge in [0.2, 0.25) is 0 Å². The molecule has 4 N–H and O–H groups in total. The third-order valence-electron chi connectivity index (χ3n) is 7.92. The largest absolute Gasteiger partial charge is 0.497 e. The van der Waals surface area contributed by atoms with E-state index < -0.39 is 6.23 Å². The number of fused-ring (bicyclic) bond motifs is 1. The predicted molar refractivity (Wildman–Crippen MR) is 202 cm³/mol. The number of methoxy groups -OCH3 is 1. The summed E-state index contributed by atoms with van der Waals surface area (Å²) in [5.41, 5.74) is 7.69. The van der Waals surface area contributed by atoms with Gasteiger partial charge >= 0.3 is 0 Å². The van der Waals surface area contributed by atoms with Crippen LogP contribution < -0.4 is 21.1 Å². The van der Waals surface area contributed by atoms with Gasteiger partial charge in [-0.3, -0.25) is 0 Å². The number of hydrogen-bond donors (Lipinski definition) is 3. The van der Waals surface area contributed by atoms with Crippen LogP contribution in [-0.4, -0.2) is 97.1 Å². The Bertz CT molecular complexity index is 1250. The molecule has 0 bridgehead atoms. The number of anilines is 1. The van der Waals surface area contributed by atoms with Crippen molar-refractivity contribution < 1.29 is 23.3 Å². The minimum atomic E-state index is -0.409. The lowest BCUT2D eigenvalue weighted by atomic mass is 9.78. The maximum absolute atomic E-state index is 15.2. The van der Waals surface area contributed by atoms with E-state index in [9.17, 15) is 0 Å². The van der Waals surface area contributed by atoms with Crippen LogP contribution >= 0.6 is 0 Å². The number of likely N-dealkylation sites (tertiary alicyclic amines) is 1. The second-order valence-electron chi connectivity index (χ2n) is 11.9. The molecule has 0 aromatic heterocycles. The second-order valence-corrected chi connectivity index (χ2v) is 11.9. The molecule has 3 heterocycles. The Balaban J connectivity index is 0.00000122. The van der Waals surface area contributed by atoms with E-state index >= 15 is 4.39 Å². The number of nitrogens with zero attached hydrogens (tertiary/aromatic N) is 3. The molecule has 5 rings (SSSR count). The molecule has 49 heavy (non-hydrogen) atoms. The number of benzene rings is 1. The highest BCUT2D eigenvalue weighted by Crippen LogP contribution is 2.37. The van der Waals surface area contributed by atoms with E-state index in [1.807, 2.05) is 72.8 Å². The minimum Gasteiger partial charge on any atom is -0.497 e. The van der Waals surface area contributed by atoms with Gasteiger partial charge in [0.05, 0.1) is 39.0 Å². The number of ether oxygens (including phenoxy) is 4. The number of aliphatic imine (C=N–C) groups is 1. The van der Waals surface area contributed by atoms with E-state index in [4.69, 9.17) is 23.9 Å². The first-order valence-corrected chi connectivity index (χ1v) is 17.6. The van der Waals surface area contributed by atoms with E-state index in [0.29, 0.717) is 41.9 Å². The summed E-state index contributed by atoms with van der Waals surface area (Å²) < 4.78 is 38.8. The lowest BCUT2D eigenvalue weighted by Crippen LogP contribution is -2.65. The Labute approximate surface area is 296 Å². The summed E-state index contributed by atoms with van der Waals surface area (Å²) in [5, 5.41) is 5.84. The average Bonchev–Trinajstić information content (AvgIpc) is 3.20. The highest BCUT2D eigenvalue weighted by Gasteiger charge is 2.48. The van der Waals surface area contributed by atoms with Gasteiger partial charge in [-0.05, 0) is 53.5 Å². The van der Waals surface area contributed by atoms with Crippen LogP contribution in [0.15, 0.2) is 64.8 Å². The SMILES string of the molecule is C=C(C)Nc1ccc(OC2CC3C=CC/C(OC)=C(OCCCN4CC5(COC5)C4)\C=C/3N=CN2C)c(F)c1C.CC.CC.CN.CNC. The van der Waals surface area contributed by atoms with Gasteiger partial charge in [0, 0.05) is 73.9 Å². The number of halogens is 1. The first-order valence-electron chi connectivity index (χ1n) is 17.6. The summed E-state index contributed by atoms with van der Waals surface area (Å²) in [5.74, 6) is 1.28. The molecular formula is C38H65FN6O4. The zero-order valence-corrected chi connectivity index (χ0v) is 32.1. The first-order chi connectivity index (χ1) is 23.7. The lowest BCUT2D eigenvalue weighted by molar-refractivity contribution is -0.189. The van der Waals surface area contributed by atoms with Gasteiger partial charge in [0.1, 0.15) is 5.76 Å². The highest BCUT2D eigenvalue weighted by atomic mass is 19.1. The molecule has 278 valence electrons. The number of rotatable bonds is 10. The molecule has 4 aliphatic rings. The van der Waals surface area contributed by atoms with E-state index in [1.54, 1.807) is 26.4 Å². The summed E-state index contributed by atoms with van der Waals surface area (Å²) in [7, 11) is 8.81. The summed E-state index contributed by atoms with van der Waals surface area (Å²) >= 11 is 0. The van der Waals surface area contributed by atoms with Crippen molar-refractivity contribution in [2.45, 2.75) is 67.0 Å². The number of nitrogens with two attached hydrogens (primary N) is 1. The standard InChI is InChI=1S/C31H41FN4O4.C2H7N.2C2H6.CH5N/c1-21(2)34-24-10-11-27(30(32)22(24)3)40-29-14-23-8-6-9-26(37-5)28(15-25(23)33-20-35(29)4)39-13-7-12-36-16-31(17-36)18-38-19-31;1-3-2;3*1-2/h6,8,10-11,15,20,23,29,34H,1,7,9,12-14,16-19H2,2-5H3;3H,1-2H3;2*1-2H3;2H2,1H3/b8-6?,25-15+,28-26-;;;;. The van der Waals surface area contributed by atoms with Crippen LogP contribution in [0.1, 0.15) is 59.4 Å². The predicted octanol–water partition coefficient (Wildman–Crippen LogP) is 6.67. The van der Waals surface area contributed by atoms with Gasteiger partial charge in [-0.1, -0.05) is 46.4 Å². The number of hydrogen-bond acceptors (Lipinski definition) is 10. The smallest absolute Gasteiger partial charge is 0.173 e. The zero-order valence-electron chi connectivity index (χ0n) is 32.1. The van der Waals surface area contributed by atoms with Crippen molar-refractivity contribution in [1.29, 1.82) is 0 Å². The molecule has 10 nitrogen and oxygen atoms in total. The van der Waals surface area contributed by atoms with Crippen LogP contribution in [0.4, 0.5) is 10.1 Å². The van der Waals surface area contributed by atoms with Gasteiger partial charge in [0.25, 0.3) is 0 Å². The molecule has 2 saturated heterocycles. The molecular weight excluding hydrogens is 623 g/mol. The van der Waals surface area contributed by atoms with E-state index in [0.717, 1.165) is 56.4 Å². The molecule has 1 aliphatic carbocycles. The van der Waals surface area contributed by atoms with Crippen molar-refractivity contribution in [3.05, 3.63) is 71.2 Å². The monoisotopic (exact) mass is 689 g/mol. The molecule has 3 aliphatic heterocycles. The molecule has 0 radical (unpaired) electrons. The second kappa shape index (κ2) is 23.1. The summed E-state index contributed by atoms with van der Waals surface area (Å²) in [6, 6.07) is 3.48. The Morgan fingerprint density at radius 1 is 1.16 bits per heavy atom.